The molecule has 0 aromatic carbocycles. The fourth-order valence-corrected chi connectivity index (χ4v) is 4.62. The number of hydrogen-bond acceptors (Lipinski definition) is 4. The molecule has 2 heterocycles. The highest BCUT2D eigenvalue weighted by molar-refractivity contribution is 5.89. The van der Waals surface area contributed by atoms with Gasteiger partial charge in [0.25, 0.3) is 0 Å². The summed E-state index contributed by atoms with van der Waals surface area (Å²) in [5, 5.41) is 0. The van der Waals surface area contributed by atoms with E-state index in [1.54, 1.807) is 0 Å². The van der Waals surface area contributed by atoms with Gasteiger partial charge in [0.05, 0.1) is 6.10 Å². The highest BCUT2D eigenvalue weighted by Crippen LogP contribution is 2.50. The Hall–Kier alpha value is -0.0700. The molecule has 5 nitrogen and oxygen atoms in total. The van der Waals surface area contributed by atoms with Crippen LogP contribution in [0.15, 0.2) is 0 Å². The van der Waals surface area contributed by atoms with Gasteiger partial charge in [-0.05, 0) is 45.7 Å². The summed E-state index contributed by atoms with van der Waals surface area (Å²) in [7, 11) is 0. The molecule has 2 aliphatic heterocycles. The van der Waals surface area contributed by atoms with Crippen molar-refractivity contribution in [3.63, 3.8) is 0 Å². The van der Waals surface area contributed by atoms with Crippen molar-refractivity contribution in [2.24, 2.45) is 11.1 Å². The zero-order valence-corrected chi connectivity index (χ0v) is 17.5. The molecule has 0 aromatic rings. The first-order chi connectivity index (χ1) is 10.9. The minimum Gasteiger partial charge on any atom is -0.378 e. The van der Waals surface area contributed by atoms with Gasteiger partial charge in [0.1, 0.15) is 5.54 Å². The third kappa shape index (κ3) is 3.96. The molecule has 2 atom stereocenters. The molecule has 2 N–H and O–H groups in total. The van der Waals surface area contributed by atoms with Crippen molar-refractivity contribution in [3.8, 4) is 0 Å². The number of nitrogens with two attached hydrogens (primary N) is 1. The molecule has 7 heteroatoms. The van der Waals surface area contributed by atoms with Gasteiger partial charge in [-0.15, -0.1) is 24.8 Å². The van der Waals surface area contributed by atoms with E-state index in [4.69, 9.17) is 10.5 Å². The van der Waals surface area contributed by atoms with Crippen molar-refractivity contribution in [1.82, 2.24) is 9.80 Å². The van der Waals surface area contributed by atoms with Crippen molar-refractivity contribution >= 4 is 30.7 Å². The van der Waals surface area contributed by atoms with Crippen LogP contribution in [-0.4, -0.2) is 66.2 Å². The Morgan fingerprint density at radius 2 is 1.68 bits per heavy atom. The summed E-state index contributed by atoms with van der Waals surface area (Å²) in [5.41, 5.74) is 5.51. The number of amides is 1. The molecule has 0 aromatic heterocycles. The Labute approximate surface area is 164 Å². The third-order valence-electron chi connectivity index (χ3n) is 6.62. The number of ether oxygens (including phenoxy) is 1. The van der Waals surface area contributed by atoms with Crippen LogP contribution in [0.5, 0.6) is 0 Å². The van der Waals surface area contributed by atoms with E-state index in [9.17, 15) is 4.79 Å². The maximum atomic E-state index is 13.0. The Morgan fingerprint density at radius 1 is 1.12 bits per heavy atom. The maximum absolute atomic E-state index is 13.0. The van der Waals surface area contributed by atoms with Gasteiger partial charge in [0.15, 0.2) is 0 Å². The molecule has 3 aliphatic rings. The highest BCUT2D eigenvalue weighted by atomic mass is 35.5. The molecular formula is C18H35Cl2N3O2. The van der Waals surface area contributed by atoms with Crippen LogP contribution in [-0.2, 0) is 9.53 Å². The minimum atomic E-state index is -0.757. The van der Waals surface area contributed by atoms with Gasteiger partial charge in [-0.3, -0.25) is 4.79 Å². The van der Waals surface area contributed by atoms with Crippen molar-refractivity contribution in [3.05, 3.63) is 0 Å². The molecule has 1 saturated carbocycles. The lowest BCUT2D eigenvalue weighted by molar-refractivity contribution is -0.180. The van der Waals surface area contributed by atoms with Crippen LogP contribution in [0.1, 0.15) is 52.9 Å². The molecule has 0 radical (unpaired) electrons. The number of likely N-dealkylation sites (tertiary alicyclic amines) is 2. The second-order valence-electron chi connectivity index (χ2n) is 8.11. The van der Waals surface area contributed by atoms with Gasteiger partial charge in [-0.2, -0.15) is 0 Å². The minimum absolute atomic E-state index is 0. The van der Waals surface area contributed by atoms with Gasteiger partial charge in [0.2, 0.25) is 5.91 Å². The van der Waals surface area contributed by atoms with Crippen molar-refractivity contribution < 1.29 is 9.53 Å². The zero-order chi connectivity index (χ0) is 16.7. The van der Waals surface area contributed by atoms with Gasteiger partial charge >= 0.3 is 0 Å². The van der Waals surface area contributed by atoms with Crippen LogP contribution in [0, 0.1) is 5.41 Å². The summed E-state index contributed by atoms with van der Waals surface area (Å²) < 4.78 is 5.75. The van der Waals surface area contributed by atoms with Crippen LogP contribution in [0.3, 0.4) is 0 Å². The fourth-order valence-electron chi connectivity index (χ4n) is 4.62. The lowest BCUT2D eigenvalue weighted by atomic mass is 9.54. The van der Waals surface area contributed by atoms with Crippen LogP contribution in [0.4, 0.5) is 0 Å². The van der Waals surface area contributed by atoms with E-state index in [1.165, 1.54) is 25.9 Å². The summed E-state index contributed by atoms with van der Waals surface area (Å²) in [5.74, 6) is 0.137. The molecule has 3 fully saturated rings. The number of halogens is 2. The van der Waals surface area contributed by atoms with Crippen molar-refractivity contribution in [2.75, 3.05) is 32.8 Å². The molecule has 2 saturated heterocycles. The van der Waals surface area contributed by atoms with E-state index < -0.39 is 5.54 Å². The summed E-state index contributed by atoms with van der Waals surface area (Å²) in [4.78, 5) is 17.6. The van der Waals surface area contributed by atoms with E-state index in [1.807, 2.05) is 11.8 Å². The molecule has 0 spiro atoms. The summed E-state index contributed by atoms with van der Waals surface area (Å²) in [6.07, 6.45) is 5.60. The van der Waals surface area contributed by atoms with Gasteiger partial charge < -0.3 is 20.3 Å². The Kier molecular flexibility index (Phi) is 8.04. The molecule has 1 amide bonds. The number of hydrogen-bond donors (Lipinski definition) is 1. The molecule has 25 heavy (non-hydrogen) atoms. The molecular weight excluding hydrogens is 361 g/mol. The van der Waals surface area contributed by atoms with Crippen molar-refractivity contribution in [2.45, 2.75) is 70.6 Å². The van der Waals surface area contributed by atoms with E-state index in [0.717, 1.165) is 25.9 Å². The molecule has 3 rings (SSSR count). The molecule has 2 unspecified atom stereocenters. The predicted molar refractivity (Wildman–Crippen MR) is 106 cm³/mol. The molecule has 148 valence electrons. The number of carbonyl (C=O) groups excluding carboxylic acids is 1. The second kappa shape index (κ2) is 8.75. The average molecular weight is 396 g/mol. The highest BCUT2D eigenvalue weighted by Gasteiger charge is 2.63. The molecule has 1 aliphatic carbocycles. The number of nitrogens with zero attached hydrogens (tertiary/aromatic N) is 2. The lowest BCUT2D eigenvalue weighted by Crippen LogP contribution is -2.76. The first-order valence-electron chi connectivity index (χ1n) is 9.34. The average Bonchev–Trinajstić information content (AvgIpc) is 3.08. The number of carbonyl (C=O) groups is 1. The Bertz CT molecular complexity index is 450. The predicted octanol–water partition coefficient (Wildman–Crippen LogP) is 2.45. The maximum Gasteiger partial charge on any atom is 0.243 e. The molecule has 0 bridgehead atoms. The second-order valence-corrected chi connectivity index (χ2v) is 8.11. The smallest absolute Gasteiger partial charge is 0.243 e. The van der Waals surface area contributed by atoms with Gasteiger partial charge in [0, 0.05) is 37.6 Å². The topological polar surface area (TPSA) is 58.8 Å². The number of rotatable bonds is 4. The summed E-state index contributed by atoms with van der Waals surface area (Å²) in [6.45, 7) is 11.0. The largest absolute Gasteiger partial charge is 0.378 e. The van der Waals surface area contributed by atoms with E-state index in [2.05, 4.69) is 18.7 Å². The summed E-state index contributed by atoms with van der Waals surface area (Å²) in [6, 6.07) is 0.667. The number of piperidine rings is 1. The zero-order valence-electron chi connectivity index (χ0n) is 15.8. The Morgan fingerprint density at radius 3 is 2.16 bits per heavy atom. The van der Waals surface area contributed by atoms with Crippen LogP contribution < -0.4 is 5.73 Å². The third-order valence-corrected chi connectivity index (χ3v) is 6.62. The van der Waals surface area contributed by atoms with Gasteiger partial charge in [-0.1, -0.05) is 13.8 Å². The first kappa shape index (κ1) is 23.0. The standard InChI is InChI=1S/C18H33N3O2.2ClH/c1-4-23-15-13-18(19,17(15,2)3)16(22)21-11-7-14(8-12-21)20-9-5-6-10-20;;/h14-15H,4-13,19H2,1-3H3;2*1H. The SMILES string of the molecule is CCOC1CC(N)(C(=O)N2CCC(N3CCCC3)CC2)C1(C)C.Cl.Cl. The van der Waals surface area contributed by atoms with Crippen LogP contribution in [0.25, 0.3) is 0 Å². The van der Waals surface area contributed by atoms with Crippen LogP contribution in [0.2, 0.25) is 0 Å². The van der Waals surface area contributed by atoms with Crippen LogP contribution >= 0.6 is 24.8 Å². The van der Waals surface area contributed by atoms with E-state index >= 15 is 0 Å². The monoisotopic (exact) mass is 395 g/mol. The van der Waals surface area contributed by atoms with E-state index in [-0.39, 0.29) is 42.2 Å². The van der Waals surface area contributed by atoms with E-state index in [0.29, 0.717) is 19.1 Å². The quantitative estimate of drug-likeness (QED) is 0.793. The first-order valence-corrected chi connectivity index (χ1v) is 9.34. The summed E-state index contributed by atoms with van der Waals surface area (Å²) >= 11 is 0. The Balaban J connectivity index is 0.00000156. The van der Waals surface area contributed by atoms with Gasteiger partial charge in [-0.25, -0.2) is 0 Å². The lowest BCUT2D eigenvalue weighted by Gasteiger charge is -2.59. The fraction of sp³-hybridized carbons (Fsp3) is 0.944. The van der Waals surface area contributed by atoms with Crippen molar-refractivity contribution in [1.29, 1.82) is 0 Å². The normalized spacial score (nSPS) is 32.5.